The summed E-state index contributed by atoms with van der Waals surface area (Å²) in [6.45, 7) is 4.78. The number of aryl methyl sites for hydroxylation is 2. The highest BCUT2D eigenvalue weighted by molar-refractivity contribution is 5.73. The second-order valence-corrected chi connectivity index (χ2v) is 5.33. The van der Waals surface area contributed by atoms with Crippen LogP contribution >= 0.6 is 0 Å². The number of urea groups is 1. The highest BCUT2D eigenvalue weighted by atomic mass is 16.5. The van der Waals surface area contributed by atoms with Crippen molar-refractivity contribution < 1.29 is 9.32 Å². The average molecular weight is 312 g/mol. The third kappa shape index (κ3) is 4.85. The summed E-state index contributed by atoms with van der Waals surface area (Å²) in [5.41, 5.74) is 3.50. The third-order valence-corrected chi connectivity index (χ3v) is 3.58. The topological polar surface area (TPSA) is 90.9 Å². The van der Waals surface area contributed by atoms with Crippen molar-refractivity contribution in [3.8, 4) is 6.07 Å². The van der Waals surface area contributed by atoms with Crippen LogP contribution in [-0.4, -0.2) is 17.7 Å². The van der Waals surface area contributed by atoms with Crippen LogP contribution in [0, 0.1) is 25.2 Å². The molecule has 2 N–H and O–H groups in total. The number of hydrogen-bond donors (Lipinski definition) is 2. The van der Waals surface area contributed by atoms with Gasteiger partial charge in [0.2, 0.25) is 0 Å². The summed E-state index contributed by atoms with van der Waals surface area (Å²) in [4.78, 5) is 11.7. The molecule has 0 aliphatic rings. The third-order valence-electron chi connectivity index (χ3n) is 3.58. The van der Waals surface area contributed by atoms with Crippen molar-refractivity contribution >= 4 is 6.03 Å². The van der Waals surface area contributed by atoms with Crippen molar-refractivity contribution in [1.82, 2.24) is 15.8 Å². The fraction of sp³-hybridized carbons (Fsp3) is 0.353. The molecule has 1 aromatic heterocycles. The highest BCUT2D eigenvalue weighted by Gasteiger charge is 2.08. The first-order valence-electron chi connectivity index (χ1n) is 7.52. The van der Waals surface area contributed by atoms with Gasteiger partial charge < -0.3 is 15.2 Å². The van der Waals surface area contributed by atoms with Gasteiger partial charge in [-0.3, -0.25) is 0 Å². The predicted octanol–water partition coefficient (Wildman–Crippen LogP) is 2.60. The number of nitrogens with zero attached hydrogens (tertiary/aromatic N) is 2. The average Bonchev–Trinajstić information content (AvgIpc) is 2.88. The molecule has 0 aliphatic heterocycles. The molecule has 0 aliphatic carbocycles. The standard InChI is InChI=1S/C17H20N4O2/c1-12-16(13(2)23-21-12)7-4-8-19-17(22)20-11-15-6-3-5-14(9-15)10-18/h3,5-6,9H,4,7-8,11H2,1-2H3,(H2,19,20,22). The van der Waals surface area contributed by atoms with Crippen LogP contribution in [0.4, 0.5) is 4.79 Å². The van der Waals surface area contributed by atoms with E-state index in [1.807, 2.05) is 19.9 Å². The van der Waals surface area contributed by atoms with Gasteiger partial charge in [0.05, 0.1) is 17.3 Å². The van der Waals surface area contributed by atoms with Crippen molar-refractivity contribution in [2.45, 2.75) is 33.2 Å². The number of carbonyl (C=O) groups excluding carboxylic acids is 1. The van der Waals surface area contributed by atoms with Gasteiger partial charge in [0.15, 0.2) is 0 Å². The first-order valence-corrected chi connectivity index (χ1v) is 7.52. The predicted molar refractivity (Wildman–Crippen MR) is 85.7 cm³/mol. The van der Waals surface area contributed by atoms with Gasteiger partial charge in [-0.25, -0.2) is 4.79 Å². The number of nitriles is 1. The molecule has 0 saturated heterocycles. The summed E-state index contributed by atoms with van der Waals surface area (Å²) in [6, 6.07) is 9.03. The molecule has 0 spiro atoms. The van der Waals surface area contributed by atoms with Gasteiger partial charge in [0, 0.05) is 18.7 Å². The molecule has 120 valence electrons. The summed E-state index contributed by atoms with van der Waals surface area (Å²) < 4.78 is 5.11. The Bertz CT molecular complexity index is 696. The maximum atomic E-state index is 11.7. The van der Waals surface area contributed by atoms with Gasteiger partial charge in [0.25, 0.3) is 0 Å². The smallest absolute Gasteiger partial charge is 0.315 e. The van der Waals surface area contributed by atoms with E-state index in [4.69, 9.17) is 9.78 Å². The monoisotopic (exact) mass is 312 g/mol. The summed E-state index contributed by atoms with van der Waals surface area (Å²) in [6.07, 6.45) is 1.64. The molecule has 2 rings (SSSR count). The maximum Gasteiger partial charge on any atom is 0.315 e. The van der Waals surface area contributed by atoms with E-state index in [0.717, 1.165) is 35.4 Å². The molecule has 0 fully saturated rings. The zero-order valence-corrected chi connectivity index (χ0v) is 13.3. The molecule has 2 amide bonds. The Morgan fingerprint density at radius 3 is 2.87 bits per heavy atom. The number of hydrogen-bond acceptors (Lipinski definition) is 4. The zero-order chi connectivity index (χ0) is 16.7. The maximum absolute atomic E-state index is 11.7. The largest absolute Gasteiger partial charge is 0.361 e. The Kier molecular flexibility index (Phi) is 5.75. The lowest BCUT2D eigenvalue weighted by Crippen LogP contribution is -2.35. The normalized spacial score (nSPS) is 10.1. The first kappa shape index (κ1) is 16.6. The molecule has 2 aromatic rings. The van der Waals surface area contributed by atoms with Crippen LogP contribution in [0.1, 0.15) is 34.6 Å². The Labute approximate surface area is 135 Å². The van der Waals surface area contributed by atoms with Gasteiger partial charge in [0.1, 0.15) is 5.76 Å². The first-order chi connectivity index (χ1) is 11.1. The number of nitrogens with one attached hydrogen (secondary N) is 2. The van der Waals surface area contributed by atoms with Gasteiger partial charge in [-0.2, -0.15) is 5.26 Å². The second-order valence-electron chi connectivity index (χ2n) is 5.33. The van der Waals surface area contributed by atoms with E-state index in [1.165, 1.54) is 0 Å². The molecule has 6 nitrogen and oxygen atoms in total. The van der Waals surface area contributed by atoms with Crippen molar-refractivity contribution in [1.29, 1.82) is 5.26 Å². The molecular formula is C17H20N4O2. The molecule has 0 atom stereocenters. The minimum atomic E-state index is -0.217. The highest BCUT2D eigenvalue weighted by Crippen LogP contribution is 2.13. The Morgan fingerprint density at radius 1 is 1.35 bits per heavy atom. The number of rotatable bonds is 6. The van der Waals surface area contributed by atoms with Crippen LogP contribution in [-0.2, 0) is 13.0 Å². The molecule has 1 aromatic carbocycles. The number of benzene rings is 1. The van der Waals surface area contributed by atoms with Crippen LogP contribution in [0.5, 0.6) is 0 Å². The lowest BCUT2D eigenvalue weighted by molar-refractivity contribution is 0.240. The number of amides is 2. The van der Waals surface area contributed by atoms with E-state index in [2.05, 4.69) is 21.9 Å². The fourth-order valence-electron chi connectivity index (χ4n) is 2.32. The van der Waals surface area contributed by atoms with Crippen molar-refractivity contribution in [2.24, 2.45) is 0 Å². The summed E-state index contributed by atoms with van der Waals surface area (Å²) in [5.74, 6) is 0.837. The molecule has 0 saturated carbocycles. The lowest BCUT2D eigenvalue weighted by Gasteiger charge is -2.08. The molecular weight excluding hydrogens is 292 g/mol. The van der Waals surface area contributed by atoms with Crippen LogP contribution in [0.2, 0.25) is 0 Å². The quantitative estimate of drug-likeness (QED) is 0.802. The van der Waals surface area contributed by atoms with E-state index in [-0.39, 0.29) is 6.03 Å². The van der Waals surface area contributed by atoms with Crippen molar-refractivity contribution in [3.63, 3.8) is 0 Å². The molecule has 0 unspecified atom stereocenters. The molecule has 23 heavy (non-hydrogen) atoms. The van der Waals surface area contributed by atoms with E-state index < -0.39 is 0 Å². The second kappa shape index (κ2) is 7.99. The zero-order valence-electron chi connectivity index (χ0n) is 13.3. The molecule has 0 radical (unpaired) electrons. The SMILES string of the molecule is Cc1noc(C)c1CCCNC(=O)NCc1cccc(C#N)c1. The van der Waals surface area contributed by atoms with E-state index in [1.54, 1.807) is 18.2 Å². The van der Waals surface area contributed by atoms with E-state index >= 15 is 0 Å². The van der Waals surface area contributed by atoms with Gasteiger partial charge in [-0.1, -0.05) is 17.3 Å². The van der Waals surface area contributed by atoms with Crippen LogP contribution in [0.3, 0.4) is 0 Å². The summed E-state index contributed by atoms with van der Waals surface area (Å²) in [5, 5.41) is 18.3. The summed E-state index contributed by atoms with van der Waals surface area (Å²) >= 11 is 0. The van der Waals surface area contributed by atoms with Gasteiger partial charge in [-0.05, 0) is 44.4 Å². The van der Waals surface area contributed by atoms with E-state index in [9.17, 15) is 4.79 Å². The lowest BCUT2D eigenvalue weighted by atomic mass is 10.1. The minimum Gasteiger partial charge on any atom is -0.361 e. The van der Waals surface area contributed by atoms with Crippen molar-refractivity contribution in [3.05, 3.63) is 52.4 Å². The molecule has 6 heteroatoms. The number of aromatic nitrogens is 1. The van der Waals surface area contributed by atoms with Crippen LogP contribution < -0.4 is 10.6 Å². The van der Waals surface area contributed by atoms with Crippen molar-refractivity contribution in [2.75, 3.05) is 6.54 Å². The summed E-state index contributed by atoms with van der Waals surface area (Å²) in [7, 11) is 0. The minimum absolute atomic E-state index is 0.217. The van der Waals surface area contributed by atoms with Crippen LogP contribution in [0.25, 0.3) is 0 Å². The van der Waals surface area contributed by atoms with Crippen LogP contribution in [0.15, 0.2) is 28.8 Å². The molecule has 0 bridgehead atoms. The Hall–Kier alpha value is -2.81. The Morgan fingerprint density at radius 2 is 2.17 bits per heavy atom. The van der Waals surface area contributed by atoms with Gasteiger partial charge >= 0.3 is 6.03 Å². The fourth-order valence-corrected chi connectivity index (χ4v) is 2.32. The van der Waals surface area contributed by atoms with E-state index in [0.29, 0.717) is 18.7 Å². The number of carbonyl (C=O) groups is 1. The Balaban J connectivity index is 1.68. The molecule has 1 heterocycles. The van der Waals surface area contributed by atoms with Gasteiger partial charge in [-0.15, -0.1) is 0 Å².